The van der Waals surface area contributed by atoms with E-state index in [2.05, 4.69) is 10.4 Å². The molecule has 1 aliphatic rings. The van der Waals surface area contributed by atoms with Crippen molar-refractivity contribution in [2.75, 3.05) is 7.05 Å². The predicted molar refractivity (Wildman–Crippen MR) is 91.2 cm³/mol. The highest BCUT2D eigenvalue weighted by Crippen LogP contribution is 2.29. The van der Waals surface area contributed by atoms with Gasteiger partial charge in [-0.25, -0.2) is 9.40 Å². The molecule has 0 saturated heterocycles. The lowest BCUT2D eigenvalue weighted by molar-refractivity contribution is -0.130. The summed E-state index contributed by atoms with van der Waals surface area (Å²) in [4.78, 5) is 11.8. The second kappa shape index (κ2) is 6.97. The Hall–Kier alpha value is -1.46. The minimum atomic E-state index is -0.690. The van der Waals surface area contributed by atoms with E-state index in [-0.39, 0.29) is 23.2 Å². The summed E-state index contributed by atoms with van der Waals surface area (Å²) in [5.74, 6) is -0.426. The summed E-state index contributed by atoms with van der Waals surface area (Å²) in [6.07, 6.45) is 2.47. The molecule has 4 nitrogen and oxygen atoms in total. The third-order valence-corrected chi connectivity index (χ3v) is 4.91. The summed E-state index contributed by atoms with van der Waals surface area (Å²) in [6, 6.07) is 4.78. The van der Waals surface area contributed by atoms with Crippen molar-refractivity contribution in [1.82, 2.24) is 10.3 Å². The number of nitrogens with one attached hydrogen (secondary N) is 1. The fourth-order valence-corrected chi connectivity index (χ4v) is 2.72. The molecule has 6 heteroatoms. The average molecular weight is 340 g/mol. The molecule has 1 heterocycles. The number of hydrogen-bond donors (Lipinski definition) is 1. The summed E-state index contributed by atoms with van der Waals surface area (Å²) in [5.41, 5.74) is 1.43. The number of hydrogen-bond acceptors (Lipinski definition) is 3. The van der Waals surface area contributed by atoms with E-state index in [4.69, 9.17) is 11.6 Å². The van der Waals surface area contributed by atoms with Crippen LogP contribution in [0.5, 0.6) is 0 Å². The SMILES string of the molecule is CCC(C)(C)c1cc(CNC2C=NN(C)C(=O)C2Cl)ccc1F. The maximum atomic E-state index is 14.1. The van der Waals surface area contributed by atoms with Crippen LogP contribution >= 0.6 is 11.6 Å². The Balaban J connectivity index is 2.11. The van der Waals surface area contributed by atoms with E-state index < -0.39 is 5.38 Å². The van der Waals surface area contributed by atoms with Crippen LogP contribution in [0.25, 0.3) is 0 Å². The highest BCUT2D eigenvalue weighted by molar-refractivity contribution is 6.32. The first-order chi connectivity index (χ1) is 10.8. The van der Waals surface area contributed by atoms with Gasteiger partial charge in [0.15, 0.2) is 0 Å². The van der Waals surface area contributed by atoms with Crippen molar-refractivity contribution < 1.29 is 9.18 Å². The van der Waals surface area contributed by atoms with Crippen LogP contribution in [-0.4, -0.2) is 35.6 Å². The van der Waals surface area contributed by atoms with Crippen LogP contribution in [0, 0.1) is 5.82 Å². The lowest BCUT2D eigenvalue weighted by atomic mass is 9.81. The van der Waals surface area contributed by atoms with Crippen molar-refractivity contribution in [3.05, 3.63) is 35.1 Å². The van der Waals surface area contributed by atoms with E-state index in [9.17, 15) is 9.18 Å². The van der Waals surface area contributed by atoms with Crippen LogP contribution in [0.15, 0.2) is 23.3 Å². The predicted octanol–water partition coefficient (Wildman–Crippen LogP) is 3.04. The second-order valence-corrected chi connectivity index (χ2v) is 6.96. The molecule has 23 heavy (non-hydrogen) atoms. The van der Waals surface area contributed by atoms with E-state index in [1.165, 1.54) is 11.1 Å². The molecule has 2 rings (SSSR count). The molecule has 1 aromatic rings. The van der Waals surface area contributed by atoms with Gasteiger partial charge in [0.05, 0.1) is 6.04 Å². The molecule has 0 aliphatic carbocycles. The lowest BCUT2D eigenvalue weighted by Gasteiger charge is -2.27. The molecule has 1 N–H and O–H groups in total. The molecular formula is C17H23ClFN3O. The lowest BCUT2D eigenvalue weighted by Crippen LogP contribution is -2.49. The van der Waals surface area contributed by atoms with Gasteiger partial charge in [-0.2, -0.15) is 5.10 Å². The van der Waals surface area contributed by atoms with Crippen LogP contribution in [0.4, 0.5) is 4.39 Å². The Morgan fingerprint density at radius 3 is 2.78 bits per heavy atom. The van der Waals surface area contributed by atoms with Crippen LogP contribution in [0.1, 0.15) is 38.3 Å². The first-order valence-electron chi connectivity index (χ1n) is 7.74. The van der Waals surface area contributed by atoms with E-state index >= 15 is 0 Å². The Kier molecular flexibility index (Phi) is 5.42. The van der Waals surface area contributed by atoms with Crippen molar-refractivity contribution >= 4 is 23.7 Å². The number of carbonyl (C=O) groups is 1. The van der Waals surface area contributed by atoms with Crippen LogP contribution in [-0.2, 0) is 16.8 Å². The van der Waals surface area contributed by atoms with Crippen molar-refractivity contribution in [1.29, 1.82) is 0 Å². The van der Waals surface area contributed by atoms with E-state index in [1.54, 1.807) is 19.3 Å². The van der Waals surface area contributed by atoms with Gasteiger partial charge in [0.1, 0.15) is 11.2 Å². The average Bonchev–Trinajstić information content (AvgIpc) is 2.53. The third-order valence-electron chi connectivity index (χ3n) is 4.46. The van der Waals surface area contributed by atoms with Gasteiger partial charge in [-0.15, -0.1) is 11.6 Å². The Morgan fingerprint density at radius 1 is 1.43 bits per heavy atom. The Morgan fingerprint density at radius 2 is 2.13 bits per heavy atom. The molecule has 1 aliphatic heterocycles. The summed E-state index contributed by atoms with van der Waals surface area (Å²) in [5, 5.41) is 7.74. The minimum Gasteiger partial charge on any atom is -0.303 e. The number of benzene rings is 1. The van der Waals surface area contributed by atoms with Crippen LogP contribution in [0.3, 0.4) is 0 Å². The molecule has 2 unspecified atom stereocenters. The summed E-state index contributed by atoms with van der Waals surface area (Å²) >= 11 is 6.14. The number of halogens is 2. The zero-order chi connectivity index (χ0) is 17.2. The first-order valence-corrected chi connectivity index (χ1v) is 8.18. The fraction of sp³-hybridized carbons (Fsp3) is 0.529. The molecule has 0 aromatic heterocycles. The van der Waals surface area contributed by atoms with Gasteiger partial charge in [-0.05, 0) is 29.0 Å². The molecule has 2 atom stereocenters. The highest BCUT2D eigenvalue weighted by atomic mass is 35.5. The molecule has 0 spiro atoms. The van der Waals surface area contributed by atoms with Gasteiger partial charge >= 0.3 is 0 Å². The molecule has 0 radical (unpaired) electrons. The summed E-state index contributed by atoms with van der Waals surface area (Å²) in [6.45, 7) is 6.59. The molecule has 0 saturated carbocycles. The number of nitrogens with zero attached hydrogens (tertiary/aromatic N) is 2. The fourth-order valence-electron chi connectivity index (χ4n) is 2.42. The number of rotatable bonds is 5. The first kappa shape index (κ1) is 17.9. The monoisotopic (exact) mass is 339 g/mol. The number of amides is 1. The van der Waals surface area contributed by atoms with E-state index in [0.29, 0.717) is 12.1 Å². The van der Waals surface area contributed by atoms with Crippen molar-refractivity contribution in [2.24, 2.45) is 5.10 Å². The summed E-state index contributed by atoms with van der Waals surface area (Å²) in [7, 11) is 1.57. The van der Waals surface area contributed by atoms with Crippen molar-refractivity contribution in [3.8, 4) is 0 Å². The highest BCUT2D eigenvalue weighted by Gasteiger charge is 2.31. The zero-order valence-electron chi connectivity index (χ0n) is 13.9. The third kappa shape index (κ3) is 3.90. The van der Waals surface area contributed by atoms with Gasteiger partial charge in [-0.1, -0.05) is 32.9 Å². The van der Waals surface area contributed by atoms with Gasteiger partial charge in [0, 0.05) is 19.8 Å². The number of carbonyl (C=O) groups excluding carboxylic acids is 1. The largest absolute Gasteiger partial charge is 0.303 e. The van der Waals surface area contributed by atoms with Gasteiger partial charge in [0.25, 0.3) is 5.91 Å². The minimum absolute atomic E-state index is 0.188. The number of hydrazone groups is 1. The molecular weight excluding hydrogens is 317 g/mol. The summed E-state index contributed by atoms with van der Waals surface area (Å²) < 4.78 is 14.1. The van der Waals surface area contributed by atoms with Gasteiger partial charge in [0.2, 0.25) is 0 Å². The topological polar surface area (TPSA) is 44.7 Å². The molecule has 1 aromatic carbocycles. The molecule has 0 fully saturated rings. The van der Waals surface area contributed by atoms with Crippen LogP contribution < -0.4 is 5.32 Å². The number of alkyl halides is 1. The van der Waals surface area contributed by atoms with Crippen LogP contribution in [0.2, 0.25) is 0 Å². The smallest absolute Gasteiger partial charge is 0.262 e. The maximum absolute atomic E-state index is 14.1. The second-order valence-electron chi connectivity index (χ2n) is 6.49. The molecule has 0 bridgehead atoms. The standard InChI is InChI=1S/C17H23ClFN3O/c1-5-17(2,3)12-8-11(6-7-13(12)19)9-20-14-10-21-22(4)16(23)15(14)18/h6-8,10,14-15,20H,5,9H2,1-4H3. The maximum Gasteiger partial charge on any atom is 0.262 e. The van der Waals surface area contributed by atoms with Crippen molar-refractivity contribution in [3.63, 3.8) is 0 Å². The van der Waals surface area contributed by atoms with E-state index in [0.717, 1.165) is 12.0 Å². The quantitative estimate of drug-likeness (QED) is 0.838. The van der Waals surface area contributed by atoms with E-state index in [1.807, 2.05) is 26.8 Å². The van der Waals surface area contributed by atoms with Crippen molar-refractivity contribution in [2.45, 2.75) is 50.6 Å². The molecule has 126 valence electrons. The van der Waals surface area contributed by atoms with Gasteiger partial charge < -0.3 is 5.32 Å². The normalized spacial score (nSPS) is 21.8. The molecule has 1 amide bonds. The Labute approximate surface area is 141 Å². The Bertz CT molecular complexity index is 618. The van der Waals surface area contributed by atoms with Gasteiger partial charge in [-0.3, -0.25) is 4.79 Å². The zero-order valence-corrected chi connectivity index (χ0v) is 14.7.